The Balaban J connectivity index is 1.64. The Morgan fingerprint density at radius 1 is 0.885 bits per heavy atom. The average molecular weight is 359 g/mol. The number of hydrogen-bond acceptors (Lipinski definition) is 6. The van der Waals surface area contributed by atoms with Crippen LogP contribution < -0.4 is 5.73 Å². The van der Waals surface area contributed by atoms with Gasteiger partial charge in [-0.05, 0) is 11.1 Å². The van der Waals surface area contributed by atoms with Crippen molar-refractivity contribution < 1.29 is 24.4 Å². The molecule has 6 heteroatoms. The zero-order chi connectivity index (χ0) is 18.4. The summed E-state index contributed by atoms with van der Waals surface area (Å²) in [6.45, 7) is 0.281. The zero-order valence-electron chi connectivity index (χ0n) is 14.5. The summed E-state index contributed by atoms with van der Waals surface area (Å²) in [5.41, 5.74) is 8.20. The number of ether oxygens (including phenoxy) is 3. The maximum absolute atomic E-state index is 10.4. The summed E-state index contributed by atoms with van der Waals surface area (Å²) in [5, 5.41) is 20.0. The summed E-state index contributed by atoms with van der Waals surface area (Å²) in [6.07, 6.45) is -3.33. The van der Waals surface area contributed by atoms with E-state index >= 15 is 0 Å². The van der Waals surface area contributed by atoms with E-state index in [9.17, 15) is 10.2 Å². The number of aliphatic hydroxyl groups is 2. The lowest BCUT2D eigenvalue weighted by atomic mass is 9.97. The molecule has 1 saturated heterocycles. The molecular formula is C20H25NO5. The van der Waals surface area contributed by atoms with Crippen molar-refractivity contribution in [3.63, 3.8) is 0 Å². The van der Waals surface area contributed by atoms with Crippen molar-refractivity contribution in [2.24, 2.45) is 5.73 Å². The van der Waals surface area contributed by atoms with Crippen molar-refractivity contribution >= 4 is 0 Å². The van der Waals surface area contributed by atoms with Crippen LogP contribution in [0, 0.1) is 0 Å². The average Bonchev–Trinajstić information content (AvgIpc) is 2.69. The smallest absolute Gasteiger partial charge is 0.176 e. The third kappa shape index (κ3) is 4.67. The van der Waals surface area contributed by atoms with Crippen LogP contribution in [-0.2, 0) is 27.4 Å². The predicted molar refractivity (Wildman–Crippen MR) is 96.0 cm³/mol. The molecular weight excluding hydrogens is 334 g/mol. The maximum atomic E-state index is 10.4. The van der Waals surface area contributed by atoms with Gasteiger partial charge in [0.05, 0.1) is 25.9 Å². The SMILES string of the molecule is N[C@H]1[C@@H](OCc2ccccc2)O[C@H](CO)[C@@H](O)[C@@H]1OCc1ccccc1. The summed E-state index contributed by atoms with van der Waals surface area (Å²) in [6, 6.07) is 18.6. The number of aliphatic hydroxyl groups excluding tert-OH is 2. The molecule has 3 rings (SSSR count). The molecule has 0 aromatic heterocycles. The predicted octanol–water partition coefficient (Wildman–Crippen LogP) is 1.19. The van der Waals surface area contributed by atoms with Crippen molar-refractivity contribution in [2.75, 3.05) is 6.61 Å². The molecule has 2 aromatic rings. The van der Waals surface area contributed by atoms with E-state index in [0.29, 0.717) is 13.2 Å². The highest BCUT2D eigenvalue weighted by molar-refractivity contribution is 5.14. The molecule has 0 unspecified atom stereocenters. The van der Waals surface area contributed by atoms with Gasteiger partial charge in [0.1, 0.15) is 18.3 Å². The third-order valence-electron chi connectivity index (χ3n) is 4.44. The highest BCUT2D eigenvalue weighted by Crippen LogP contribution is 2.24. The first-order chi connectivity index (χ1) is 12.7. The van der Waals surface area contributed by atoms with Gasteiger partial charge in [0.2, 0.25) is 0 Å². The lowest BCUT2D eigenvalue weighted by Gasteiger charge is -2.42. The van der Waals surface area contributed by atoms with Crippen LogP contribution in [-0.4, -0.2) is 47.5 Å². The fourth-order valence-corrected chi connectivity index (χ4v) is 2.97. The Morgan fingerprint density at radius 2 is 1.42 bits per heavy atom. The Bertz CT molecular complexity index is 654. The van der Waals surface area contributed by atoms with Gasteiger partial charge in [-0.2, -0.15) is 0 Å². The zero-order valence-corrected chi connectivity index (χ0v) is 14.5. The first-order valence-corrected chi connectivity index (χ1v) is 8.70. The molecule has 0 bridgehead atoms. The van der Waals surface area contributed by atoms with E-state index in [4.69, 9.17) is 19.9 Å². The van der Waals surface area contributed by atoms with Gasteiger partial charge < -0.3 is 30.2 Å². The molecule has 0 aliphatic carbocycles. The topological polar surface area (TPSA) is 94.2 Å². The quantitative estimate of drug-likeness (QED) is 0.688. The van der Waals surface area contributed by atoms with Crippen LogP contribution in [0.5, 0.6) is 0 Å². The minimum atomic E-state index is -1.03. The Hall–Kier alpha value is -1.80. The van der Waals surface area contributed by atoms with Crippen LogP contribution in [0.25, 0.3) is 0 Å². The van der Waals surface area contributed by atoms with E-state index in [1.165, 1.54) is 0 Å². The van der Waals surface area contributed by atoms with Crippen LogP contribution in [0.3, 0.4) is 0 Å². The highest BCUT2D eigenvalue weighted by atomic mass is 16.7. The molecule has 6 nitrogen and oxygen atoms in total. The van der Waals surface area contributed by atoms with Crippen molar-refractivity contribution in [2.45, 2.75) is 43.9 Å². The molecule has 26 heavy (non-hydrogen) atoms. The van der Waals surface area contributed by atoms with Gasteiger partial charge in [0.25, 0.3) is 0 Å². The monoisotopic (exact) mass is 359 g/mol. The summed E-state index contributed by atoms with van der Waals surface area (Å²) in [4.78, 5) is 0. The molecule has 0 radical (unpaired) electrons. The summed E-state index contributed by atoms with van der Waals surface area (Å²) in [7, 11) is 0. The molecule has 0 spiro atoms. The van der Waals surface area contributed by atoms with Crippen molar-refractivity contribution in [1.82, 2.24) is 0 Å². The lowest BCUT2D eigenvalue weighted by Crippen LogP contribution is -2.63. The Labute approximate surface area is 153 Å². The first-order valence-electron chi connectivity index (χ1n) is 8.70. The number of hydrogen-bond donors (Lipinski definition) is 3. The number of nitrogens with two attached hydrogens (primary N) is 1. The van der Waals surface area contributed by atoms with Crippen molar-refractivity contribution in [3.05, 3.63) is 71.8 Å². The van der Waals surface area contributed by atoms with Gasteiger partial charge in [0, 0.05) is 0 Å². The summed E-state index contributed by atoms with van der Waals surface area (Å²) < 4.78 is 17.3. The van der Waals surface area contributed by atoms with Crippen LogP contribution in [0.15, 0.2) is 60.7 Å². The highest BCUT2D eigenvalue weighted by Gasteiger charge is 2.44. The second-order valence-corrected chi connectivity index (χ2v) is 6.35. The van der Waals surface area contributed by atoms with E-state index in [0.717, 1.165) is 11.1 Å². The van der Waals surface area contributed by atoms with Crippen LogP contribution in [0.4, 0.5) is 0 Å². The molecule has 1 aliphatic heterocycles. The van der Waals surface area contributed by atoms with E-state index in [1.54, 1.807) is 0 Å². The fourth-order valence-electron chi connectivity index (χ4n) is 2.97. The van der Waals surface area contributed by atoms with E-state index < -0.39 is 30.6 Å². The minimum absolute atomic E-state index is 0.305. The van der Waals surface area contributed by atoms with Gasteiger partial charge >= 0.3 is 0 Å². The van der Waals surface area contributed by atoms with Crippen molar-refractivity contribution in [3.8, 4) is 0 Å². The molecule has 1 heterocycles. The molecule has 140 valence electrons. The van der Waals surface area contributed by atoms with Crippen molar-refractivity contribution in [1.29, 1.82) is 0 Å². The van der Waals surface area contributed by atoms with E-state index in [2.05, 4.69) is 0 Å². The van der Waals surface area contributed by atoms with Gasteiger partial charge in [-0.15, -0.1) is 0 Å². The Morgan fingerprint density at radius 3 is 1.96 bits per heavy atom. The van der Waals surface area contributed by atoms with Gasteiger partial charge in [0.15, 0.2) is 6.29 Å². The normalized spacial score (nSPS) is 28.8. The molecule has 0 amide bonds. The molecule has 5 atom stereocenters. The maximum Gasteiger partial charge on any atom is 0.176 e. The molecule has 0 saturated carbocycles. The summed E-state index contributed by atoms with van der Waals surface area (Å²) >= 11 is 0. The van der Waals surface area contributed by atoms with Crippen LogP contribution >= 0.6 is 0 Å². The second-order valence-electron chi connectivity index (χ2n) is 6.35. The molecule has 2 aromatic carbocycles. The van der Waals surface area contributed by atoms with Gasteiger partial charge in [-0.1, -0.05) is 60.7 Å². The molecule has 1 fully saturated rings. The van der Waals surface area contributed by atoms with Gasteiger partial charge in [-0.25, -0.2) is 0 Å². The molecule has 4 N–H and O–H groups in total. The standard InChI is InChI=1S/C20H25NO5/c21-17-19(24-12-14-7-3-1-4-8-14)18(23)16(11-22)26-20(17)25-13-15-9-5-2-6-10-15/h1-10,16-20,22-23H,11-13,21H2/t16-,17-,18-,19-,20+/m1/s1. The van der Waals surface area contributed by atoms with Crippen LogP contribution in [0.2, 0.25) is 0 Å². The molecule has 1 aliphatic rings. The van der Waals surface area contributed by atoms with Gasteiger partial charge in [-0.3, -0.25) is 0 Å². The minimum Gasteiger partial charge on any atom is -0.394 e. The number of rotatable bonds is 7. The lowest BCUT2D eigenvalue weighted by molar-refractivity contribution is -0.277. The second kappa shape index (κ2) is 9.23. The van der Waals surface area contributed by atoms with E-state index in [-0.39, 0.29) is 6.61 Å². The fraction of sp³-hybridized carbons (Fsp3) is 0.400. The van der Waals surface area contributed by atoms with E-state index in [1.807, 2.05) is 60.7 Å². The first kappa shape index (κ1) is 19.0. The summed E-state index contributed by atoms with van der Waals surface area (Å²) in [5.74, 6) is 0. The Kier molecular flexibility index (Phi) is 6.73. The van der Waals surface area contributed by atoms with Crippen LogP contribution in [0.1, 0.15) is 11.1 Å². The largest absolute Gasteiger partial charge is 0.394 e. The third-order valence-corrected chi connectivity index (χ3v) is 4.44. The number of benzene rings is 2.